The second kappa shape index (κ2) is 6.89. The van der Waals surface area contributed by atoms with E-state index in [1.807, 2.05) is 65.8 Å². The van der Waals surface area contributed by atoms with Crippen LogP contribution < -0.4 is 10.1 Å². The van der Waals surface area contributed by atoms with Crippen LogP contribution in [0.3, 0.4) is 0 Å². The van der Waals surface area contributed by atoms with Crippen molar-refractivity contribution in [1.82, 2.24) is 0 Å². The summed E-state index contributed by atoms with van der Waals surface area (Å²) in [6.45, 7) is 16.4. The van der Waals surface area contributed by atoms with Crippen molar-refractivity contribution < 1.29 is 10.4 Å². The Morgan fingerprint density at radius 3 is 1.53 bits per heavy atom. The van der Waals surface area contributed by atoms with Crippen molar-refractivity contribution in [3.8, 4) is 0 Å². The highest BCUT2D eigenvalue weighted by atomic mass is 16.5. The van der Waals surface area contributed by atoms with Crippen LogP contribution in [0.2, 0.25) is 0 Å². The lowest BCUT2D eigenvalue weighted by Crippen LogP contribution is -2.49. The molecule has 34 heavy (non-hydrogen) atoms. The number of allylic oxidation sites excluding steroid dienone is 2. The normalized spacial score (nSPS) is 30.9. The first kappa shape index (κ1) is 23.4. The van der Waals surface area contributed by atoms with Crippen LogP contribution in [-0.2, 0) is 21.2 Å². The summed E-state index contributed by atoms with van der Waals surface area (Å²) in [6, 6.07) is 16.7. The first-order chi connectivity index (χ1) is 15.7. The molecule has 4 nitrogen and oxygen atoms in total. The number of rotatable bonds is 4. The molecule has 0 spiro atoms. The molecule has 2 aromatic carbocycles. The fraction of sp³-hybridized carbons (Fsp3) is 0.533. The number of nitrogens with zero attached hydrogens (tertiary/aromatic N) is 2. The average Bonchev–Trinajstić information content (AvgIpc) is 2.99. The van der Waals surface area contributed by atoms with Gasteiger partial charge in [0.25, 0.3) is 0 Å². The number of hydrogen-bond donors (Lipinski definition) is 0. The summed E-state index contributed by atoms with van der Waals surface area (Å²) in [4.78, 5) is 0. The number of fused-ring (bicyclic) bond motifs is 4. The van der Waals surface area contributed by atoms with Crippen LogP contribution in [0.15, 0.2) is 60.7 Å². The molecule has 4 unspecified atom stereocenters. The molecule has 0 bridgehead atoms. The van der Waals surface area contributed by atoms with Gasteiger partial charge in [-0.25, -0.2) is 10.1 Å². The number of anilines is 2. The van der Waals surface area contributed by atoms with Gasteiger partial charge in [-0.15, -0.1) is 0 Å². The molecule has 4 atom stereocenters. The number of hydroxylamine groups is 2. The van der Waals surface area contributed by atoms with Gasteiger partial charge in [0.05, 0.1) is 22.5 Å². The van der Waals surface area contributed by atoms with Crippen molar-refractivity contribution in [2.75, 3.05) is 10.1 Å². The minimum absolute atomic E-state index is 0.00827. The zero-order valence-corrected chi connectivity index (χ0v) is 21.8. The standard InChI is InChI=1S/C30H38N2O2/c1-26(2,3)31(33)22-16-12-20(13-17-22)29-24-10-9-11-25(24)30(29,28(29,7)8)21-14-18-23(19-15-21)32(34)27(4,5)6/h9-10,12-19,24-25H,11H2,1-8H3. The maximum Gasteiger partial charge on any atom is 0.0674 e. The molecule has 0 N–H and O–H groups in total. The number of hydrogen-bond acceptors (Lipinski definition) is 2. The van der Waals surface area contributed by atoms with E-state index in [1.54, 1.807) is 0 Å². The Hall–Kier alpha value is -2.30. The van der Waals surface area contributed by atoms with Crippen molar-refractivity contribution in [3.63, 3.8) is 0 Å². The minimum atomic E-state index is -0.470. The molecule has 3 aliphatic rings. The van der Waals surface area contributed by atoms with E-state index in [9.17, 15) is 10.4 Å². The predicted molar refractivity (Wildman–Crippen MR) is 137 cm³/mol. The molecule has 3 aliphatic carbocycles. The molecule has 0 heterocycles. The molecule has 2 aromatic rings. The lowest BCUT2D eigenvalue weighted by atomic mass is 9.54. The van der Waals surface area contributed by atoms with Crippen molar-refractivity contribution in [3.05, 3.63) is 71.8 Å². The average molecular weight is 459 g/mol. The highest BCUT2D eigenvalue weighted by molar-refractivity contribution is 5.68. The van der Waals surface area contributed by atoms with Gasteiger partial charge in [-0.3, -0.25) is 0 Å². The predicted octanol–water partition coefficient (Wildman–Crippen LogP) is 7.01. The van der Waals surface area contributed by atoms with Crippen LogP contribution in [0, 0.1) is 17.3 Å². The molecule has 0 saturated heterocycles. The lowest BCUT2D eigenvalue weighted by molar-refractivity contribution is 0.102. The van der Waals surface area contributed by atoms with Crippen molar-refractivity contribution in [2.45, 2.75) is 83.7 Å². The quantitative estimate of drug-likeness (QED) is 0.365. The Labute approximate surface area is 204 Å². The van der Waals surface area contributed by atoms with Crippen LogP contribution in [0.1, 0.15) is 72.9 Å². The monoisotopic (exact) mass is 458 g/mol. The first-order valence-electron chi connectivity index (χ1n) is 12.5. The third kappa shape index (κ3) is 2.62. The summed E-state index contributed by atoms with van der Waals surface area (Å²) in [5.41, 5.74) is 3.24. The van der Waals surface area contributed by atoms with Crippen LogP contribution in [0.25, 0.3) is 0 Å². The molecule has 4 heteroatoms. The summed E-state index contributed by atoms with van der Waals surface area (Å²) in [6.07, 6.45) is 5.87. The van der Waals surface area contributed by atoms with E-state index in [0.717, 1.165) is 16.5 Å². The highest BCUT2D eigenvalue weighted by Crippen LogP contribution is 2.94. The van der Waals surface area contributed by atoms with Crippen LogP contribution in [0.5, 0.6) is 0 Å². The molecule has 0 aromatic heterocycles. The summed E-state index contributed by atoms with van der Waals surface area (Å²) in [7, 11) is 0. The van der Waals surface area contributed by atoms with Gasteiger partial charge in [0.15, 0.2) is 0 Å². The highest BCUT2D eigenvalue weighted by Gasteiger charge is 2.95. The van der Waals surface area contributed by atoms with Crippen molar-refractivity contribution in [1.29, 1.82) is 0 Å². The van der Waals surface area contributed by atoms with Gasteiger partial charge in [-0.1, -0.05) is 60.7 Å². The summed E-state index contributed by atoms with van der Waals surface area (Å²) in [5, 5.41) is 27.7. The van der Waals surface area contributed by atoms with Gasteiger partial charge in [-0.05, 0) is 101 Å². The molecule has 2 saturated carbocycles. The zero-order chi connectivity index (χ0) is 24.9. The fourth-order valence-electron chi connectivity index (χ4n) is 7.91. The Kier molecular flexibility index (Phi) is 4.75. The summed E-state index contributed by atoms with van der Waals surface area (Å²) >= 11 is 0. The maximum absolute atomic E-state index is 12.8. The van der Waals surface area contributed by atoms with Crippen LogP contribution in [-0.4, -0.2) is 11.1 Å². The Balaban J connectivity index is 1.56. The molecule has 0 aliphatic heterocycles. The molecular weight excluding hydrogens is 420 g/mol. The Bertz CT molecular complexity index is 1120. The van der Waals surface area contributed by atoms with Gasteiger partial charge in [-0.2, -0.15) is 0 Å². The minimum Gasteiger partial charge on any atom is -0.215 e. The molecule has 180 valence electrons. The summed E-state index contributed by atoms with van der Waals surface area (Å²) in [5.74, 6) is 1.08. The topological polar surface area (TPSA) is 46.3 Å². The SMILES string of the molecule is CC(C)(C)N([O])c1ccc(C23C4C=CCC4C2(c2ccc(N([O])C(C)(C)C)cc2)C3(C)C)cc1. The van der Waals surface area contributed by atoms with E-state index >= 15 is 0 Å². The first-order valence-corrected chi connectivity index (χ1v) is 12.5. The second-order valence-electron chi connectivity index (χ2n) is 13.1. The van der Waals surface area contributed by atoms with E-state index in [4.69, 9.17) is 0 Å². The van der Waals surface area contributed by atoms with Crippen LogP contribution in [0.4, 0.5) is 11.4 Å². The smallest absolute Gasteiger partial charge is 0.0674 e. The molecule has 2 radical (unpaired) electrons. The third-order valence-corrected chi connectivity index (χ3v) is 9.09. The van der Waals surface area contributed by atoms with Crippen LogP contribution >= 0.6 is 0 Å². The van der Waals surface area contributed by atoms with E-state index < -0.39 is 11.1 Å². The van der Waals surface area contributed by atoms with Gasteiger partial charge >= 0.3 is 0 Å². The third-order valence-electron chi connectivity index (χ3n) is 9.09. The lowest BCUT2D eigenvalue weighted by Gasteiger charge is -2.49. The van der Waals surface area contributed by atoms with E-state index in [2.05, 4.69) is 50.3 Å². The molecule has 2 fully saturated rings. The Morgan fingerprint density at radius 2 is 1.12 bits per heavy atom. The van der Waals surface area contributed by atoms with Crippen molar-refractivity contribution >= 4 is 11.4 Å². The van der Waals surface area contributed by atoms with Gasteiger partial charge in [0, 0.05) is 10.8 Å². The molecule has 0 amide bonds. The molecule has 5 rings (SSSR count). The van der Waals surface area contributed by atoms with E-state index in [-0.39, 0.29) is 16.2 Å². The second-order valence-corrected chi connectivity index (χ2v) is 13.1. The van der Waals surface area contributed by atoms with Crippen molar-refractivity contribution in [2.24, 2.45) is 17.3 Å². The zero-order valence-electron chi connectivity index (χ0n) is 21.8. The van der Waals surface area contributed by atoms with E-state index in [0.29, 0.717) is 23.2 Å². The van der Waals surface area contributed by atoms with Gasteiger partial charge in [0.1, 0.15) is 0 Å². The molecular formula is C30H38N2O2. The fourth-order valence-corrected chi connectivity index (χ4v) is 7.91. The summed E-state index contributed by atoms with van der Waals surface area (Å²) < 4.78 is 0. The largest absolute Gasteiger partial charge is 0.215 e. The number of benzene rings is 2. The maximum atomic E-state index is 12.8. The van der Waals surface area contributed by atoms with Gasteiger partial charge in [0.2, 0.25) is 0 Å². The van der Waals surface area contributed by atoms with Gasteiger partial charge < -0.3 is 0 Å². The van der Waals surface area contributed by atoms with E-state index in [1.165, 1.54) is 11.1 Å². The Morgan fingerprint density at radius 1 is 0.706 bits per heavy atom.